The van der Waals surface area contributed by atoms with Crippen molar-refractivity contribution in [3.05, 3.63) is 82.2 Å². The van der Waals surface area contributed by atoms with Gasteiger partial charge in [0.2, 0.25) is 0 Å². The first-order valence-electron chi connectivity index (χ1n) is 8.96. The van der Waals surface area contributed by atoms with E-state index in [1.165, 1.54) is 12.1 Å². The zero-order valence-electron chi connectivity index (χ0n) is 16.1. The van der Waals surface area contributed by atoms with Gasteiger partial charge in [0.05, 0.1) is 5.56 Å². The molecule has 0 fully saturated rings. The molecule has 166 valence electrons. The number of phenols is 1. The van der Waals surface area contributed by atoms with Crippen molar-refractivity contribution < 1.29 is 40.6 Å². The second-order valence-corrected chi connectivity index (χ2v) is 6.60. The van der Waals surface area contributed by atoms with Crippen LogP contribution in [0.1, 0.15) is 23.6 Å². The number of rotatable bonds is 5. The molecular formula is C22H12F7NO2. The Balaban J connectivity index is 2.14. The van der Waals surface area contributed by atoms with E-state index in [1.54, 1.807) is 6.92 Å². The molecule has 0 aliphatic carbocycles. The number of aromatic hydroxyl groups is 1. The van der Waals surface area contributed by atoms with Gasteiger partial charge < -0.3 is 9.84 Å². The number of nitriles is 1. The van der Waals surface area contributed by atoms with Crippen molar-refractivity contribution in [2.45, 2.75) is 19.5 Å². The molecule has 32 heavy (non-hydrogen) atoms. The van der Waals surface area contributed by atoms with Crippen LogP contribution in [0.3, 0.4) is 0 Å². The Morgan fingerprint density at radius 3 is 2.09 bits per heavy atom. The number of nitrogens with zero attached hydrogens (tertiary/aromatic N) is 1. The van der Waals surface area contributed by atoms with Crippen molar-refractivity contribution in [2.75, 3.05) is 0 Å². The zero-order chi connectivity index (χ0) is 23.8. The van der Waals surface area contributed by atoms with Gasteiger partial charge in [-0.15, -0.1) is 0 Å². The molecule has 0 heterocycles. The smallest absolute Gasteiger partial charge is 0.432 e. The highest BCUT2D eigenvalue weighted by molar-refractivity contribution is 5.73. The van der Waals surface area contributed by atoms with Crippen molar-refractivity contribution in [3.63, 3.8) is 0 Å². The number of hydrogen-bond acceptors (Lipinski definition) is 3. The monoisotopic (exact) mass is 455 g/mol. The number of ether oxygens (including phenoxy) is 1. The first kappa shape index (κ1) is 22.9. The standard InChI is InChI=1S/C22H12F7NO2/c1-2-10-3-4-12(14(23)5-10)19-18(31)8-17(26)20(21(19)27)22(28,29)32-11-6-15(24)13(9-30)16(25)7-11/h3-8,31H,2H2,1H3. The molecular weight excluding hydrogens is 443 g/mol. The number of alkyl halides is 2. The number of hydrogen-bond donors (Lipinski definition) is 1. The van der Waals surface area contributed by atoms with E-state index in [1.807, 2.05) is 0 Å². The maximum absolute atomic E-state index is 15.0. The van der Waals surface area contributed by atoms with Crippen LogP contribution in [-0.2, 0) is 12.5 Å². The van der Waals surface area contributed by atoms with Gasteiger partial charge in [-0.3, -0.25) is 0 Å². The minimum atomic E-state index is -4.84. The molecule has 3 nitrogen and oxygen atoms in total. The first-order valence-corrected chi connectivity index (χ1v) is 8.96. The van der Waals surface area contributed by atoms with Crippen LogP contribution in [0.4, 0.5) is 30.7 Å². The summed E-state index contributed by atoms with van der Waals surface area (Å²) in [5, 5.41) is 18.5. The second-order valence-electron chi connectivity index (χ2n) is 6.60. The molecule has 3 aromatic rings. The van der Waals surface area contributed by atoms with Crippen LogP contribution in [0, 0.1) is 40.4 Å². The van der Waals surface area contributed by atoms with Crippen molar-refractivity contribution in [2.24, 2.45) is 0 Å². The summed E-state index contributed by atoms with van der Waals surface area (Å²) in [6, 6.07) is 5.15. The van der Waals surface area contributed by atoms with Gasteiger partial charge in [-0.05, 0) is 18.1 Å². The van der Waals surface area contributed by atoms with Crippen LogP contribution in [0.25, 0.3) is 11.1 Å². The van der Waals surface area contributed by atoms with Crippen LogP contribution in [-0.4, -0.2) is 5.11 Å². The molecule has 10 heteroatoms. The number of phenolic OH excluding ortho intramolecular Hbond substituents is 1. The normalized spacial score (nSPS) is 11.3. The number of benzene rings is 3. The van der Waals surface area contributed by atoms with Gasteiger partial charge in [0.25, 0.3) is 0 Å². The Morgan fingerprint density at radius 1 is 0.938 bits per heavy atom. The minimum absolute atomic E-state index is 0.137. The minimum Gasteiger partial charge on any atom is -0.507 e. The maximum Gasteiger partial charge on any atom is 0.432 e. The molecule has 0 unspecified atom stereocenters. The summed E-state index contributed by atoms with van der Waals surface area (Å²) in [4.78, 5) is 0. The highest BCUT2D eigenvalue weighted by Crippen LogP contribution is 2.43. The summed E-state index contributed by atoms with van der Waals surface area (Å²) in [6.45, 7) is 1.70. The summed E-state index contributed by atoms with van der Waals surface area (Å²) >= 11 is 0. The largest absolute Gasteiger partial charge is 0.507 e. The van der Waals surface area contributed by atoms with Gasteiger partial charge in [-0.2, -0.15) is 14.0 Å². The van der Waals surface area contributed by atoms with E-state index in [4.69, 9.17) is 5.26 Å². The Morgan fingerprint density at radius 2 is 1.56 bits per heavy atom. The third kappa shape index (κ3) is 4.06. The molecule has 3 aromatic carbocycles. The molecule has 0 amide bonds. The predicted molar refractivity (Wildman–Crippen MR) is 98.4 cm³/mol. The molecule has 0 spiro atoms. The lowest BCUT2D eigenvalue weighted by molar-refractivity contribution is -0.189. The van der Waals surface area contributed by atoms with Gasteiger partial charge >= 0.3 is 6.11 Å². The molecule has 0 saturated carbocycles. The fourth-order valence-corrected chi connectivity index (χ4v) is 3.03. The van der Waals surface area contributed by atoms with Crippen LogP contribution >= 0.6 is 0 Å². The molecule has 0 radical (unpaired) electrons. The van der Waals surface area contributed by atoms with Crippen LogP contribution in [0.2, 0.25) is 0 Å². The lowest BCUT2D eigenvalue weighted by Crippen LogP contribution is -2.26. The Bertz CT molecular complexity index is 1230. The molecule has 0 aliphatic heterocycles. The van der Waals surface area contributed by atoms with E-state index in [0.717, 1.165) is 12.1 Å². The van der Waals surface area contributed by atoms with E-state index in [0.29, 0.717) is 12.0 Å². The number of halogens is 7. The van der Waals surface area contributed by atoms with Gasteiger partial charge in [0.1, 0.15) is 52.0 Å². The lowest BCUT2D eigenvalue weighted by atomic mass is 9.97. The van der Waals surface area contributed by atoms with E-state index in [2.05, 4.69) is 4.74 Å². The summed E-state index contributed by atoms with van der Waals surface area (Å²) in [5.74, 6) is -10.4. The van der Waals surface area contributed by atoms with E-state index in [-0.39, 0.29) is 18.2 Å². The second kappa shape index (κ2) is 8.42. The van der Waals surface area contributed by atoms with Gasteiger partial charge in [-0.25, -0.2) is 22.0 Å². The average molecular weight is 455 g/mol. The predicted octanol–water partition coefficient (Wildman–Crippen LogP) is 6.32. The average Bonchev–Trinajstić information content (AvgIpc) is 2.67. The lowest BCUT2D eigenvalue weighted by Gasteiger charge is -2.21. The molecule has 0 aromatic heterocycles. The van der Waals surface area contributed by atoms with Gasteiger partial charge in [-0.1, -0.05) is 19.1 Å². The maximum atomic E-state index is 15.0. The van der Waals surface area contributed by atoms with Crippen LogP contribution < -0.4 is 4.74 Å². The van der Waals surface area contributed by atoms with Crippen molar-refractivity contribution in [1.82, 2.24) is 0 Å². The first-order chi connectivity index (χ1) is 15.0. The molecule has 1 N–H and O–H groups in total. The van der Waals surface area contributed by atoms with Crippen LogP contribution in [0.15, 0.2) is 36.4 Å². The third-order valence-electron chi connectivity index (χ3n) is 4.57. The summed E-state index contributed by atoms with van der Waals surface area (Å²) in [6.07, 6.45) is -4.44. The summed E-state index contributed by atoms with van der Waals surface area (Å²) < 4.78 is 105. The highest BCUT2D eigenvalue weighted by Gasteiger charge is 2.43. The summed E-state index contributed by atoms with van der Waals surface area (Å²) in [5.41, 5.74) is -4.27. The topological polar surface area (TPSA) is 53.2 Å². The van der Waals surface area contributed by atoms with Gasteiger partial charge in [0, 0.05) is 23.8 Å². The van der Waals surface area contributed by atoms with Gasteiger partial charge in [0.15, 0.2) is 5.82 Å². The molecule has 0 bridgehead atoms. The molecule has 0 atom stereocenters. The Labute approximate surface area is 176 Å². The molecule has 0 saturated heterocycles. The van der Waals surface area contributed by atoms with E-state index >= 15 is 4.39 Å². The summed E-state index contributed by atoms with van der Waals surface area (Å²) in [7, 11) is 0. The SMILES string of the molecule is CCc1ccc(-c2c(O)cc(F)c(C(F)(F)Oc3cc(F)c(C#N)c(F)c3)c2F)c(F)c1. The number of aryl methyl sites for hydroxylation is 1. The Hall–Kier alpha value is -3.74. The van der Waals surface area contributed by atoms with Crippen molar-refractivity contribution in [1.29, 1.82) is 5.26 Å². The third-order valence-corrected chi connectivity index (χ3v) is 4.57. The van der Waals surface area contributed by atoms with E-state index in [9.17, 15) is 31.4 Å². The highest BCUT2D eigenvalue weighted by atomic mass is 19.3. The fraction of sp³-hybridized carbons (Fsp3) is 0.136. The molecule has 0 aliphatic rings. The van der Waals surface area contributed by atoms with Crippen molar-refractivity contribution in [3.8, 4) is 28.7 Å². The fourth-order valence-electron chi connectivity index (χ4n) is 3.03. The van der Waals surface area contributed by atoms with E-state index < -0.39 is 68.9 Å². The Kier molecular flexibility index (Phi) is 6.03. The zero-order valence-corrected chi connectivity index (χ0v) is 16.1. The van der Waals surface area contributed by atoms with Crippen molar-refractivity contribution >= 4 is 0 Å². The molecule has 3 rings (SSSR count). The van der Waals surface area contributed by atoms with Crippen LogP contribution in [0.5, 0.6) is 11.5 Å². The quantitative estimate of drug-likeness (QED) is 0.459.